The Morgan fingerprint density at radius 1 is 0.429 bits per heavy atom. The van der Waals surface area contributed by atoms with Crippen molar-refractivity contribution in [2.24, 2.45) is 0 Å². The van der Waals surface area contributed by atoms with Crippen LogP contribution in [0, 0.1) is 0 Å². The highest BCUT2D eigenvalue weighted by molar-refractivity contribution is 7.49. The fraction of sp³-hybridized carbons (Fsp3) is 0.400. The van der Waals surface area contributed by atoms with Crippen LogP contribution in [0.3, 0.4) is 0 Å². The van der Waals surface area contributed by atoms with Gasteiger partial charge in [0.05, 0.1) is 0 Å². The van der Waals surface area contributed by atoms with Gasteiger partial charge in [0.25, 0.3) is 0 Å². The van der Waals surface area contributed by atoms with Gasteiger partial charge in [0.1, 0.15) is 17.2 Å². The third kappa shape index (κ3) is 7.39. The zero-order valence-electron chi connectivity index (χ0n) is 22.5. The number of phosphoric acid groups is 1. The van der Waals surface area contributed by atoms with Crippen molar-refractivity contribution in [3.05, 3.63) is 89.5 Å². The van der Waals surface area contributed by atoms with Crippen molar-refractivity contribution in [2.75, 3.05) is 0 Å². The third-order valence-corrected chi connectivity index (χ3v) is 7.12. The van der Waals surface area contributed by atoms with Gasteiger partial charge >= 0.3 is 7.82 Å². The van der Waals surface area contributed by atoms with Gasteiger partial charge in [-0.2, -0.15) is 4.57 Å². The summed E-state index contributed by atoms with van der Waals surface area (Å²) in [5.74, 6) is 1.25. The molecule has 188 valence electrons. The standard InChI is InChI=1S/C30H39O4P/c1-28(2,3)22-10-16-25(17-11-22)32-35(31,33-26-18-12-23(13-19-26)29(4,5)6)34-27-20-14-24(15-21-27)30(7,8)9/h10-21H,1-9H3. The number of hydrogen-bond donors (Lipinski definition) is 0. The van der Waals surface area contributed by atoms with Gasteiger partial charge in [0.2, 0.25) is 0 Å². The first kappa shape index (κ1) is 26.9. The summed E-state index contributed by atoms with van der Waals surface area (Å²) in [5, 5.41) is 0. The predicted molar refractivity (Wildman–Crippen MR) is 145 cm³/mol. The Labute approximate surface area is 211 Å². The highest BCUT2D eigenvalue weighted by Crippen LogP contribution is 2.50. The van der Waals surface area contributed by atoms with Crippen LogP contribution in [0.2, 0.25) is 0 Å². The largest absolute Gasteiger partial charge is 0.647 e. The van der Waals surface area contributed by atoms with E-state index in [0.717, 1.165) is 16.7 Å². The van der Waals surface area contributed by atoms with E-state index in [9.17, 15) is 4.57 Å². The molecule has 0 saturated heterocycles. The van der Waals surface area contributed by atoms with Crippen LogP contribution in [0.15, 0.2) is 72.8 Å². The fourth-order valence-corrected chi connectivity index (χ4v) is 4.74. The van der Waals surface area contributed by atoms with Gasteiger partial charge in [-0.25, -0.2) is 0 Å². The molecule has 35 heavy (non-hydrogen) atoms. The summed E-state index contributed by atoms with van der Waals surface area (Å²) in [7, 11) is -4.05. The molecular weight excluding hydrogens is 455 g/mol. The molecule has 0 aliphatic rings. The second-order valence-electron chi connectivity index (χ2n) is 12.0. The minimum Gasteiger partial charge on any atom is -0.386 e. The highest BCUT2D eigenvalue weighted by Gasteiger charge is 2.33. The van der Waals surface area contributed by atoms with E-state index in [1.807, 2.05) is 36.4 Å². The zero-order chi connectivity index (χ0) is 26.1. The summed E-state index contributed by atoms with van der Waals surface area (Å²) in [6.45, 7) is 19.3. The van der Waals surface area contributed by atoms with Gasteiger partial charge in [-0.15, -0.1) is 0 Å². The van der Waals surface area contributed by atoms with Gasteiger partial charge in [-0.3, -0.25) is 0 Å². The molecule has 5 heteroatoms. The lowest BCUT2D eigenvalue weighted by Gasteiger charge is -2.23. The Morgan fingerprint density at radius 3 is 0.800 bits per heavy atom. The molecule has 0 spiro atoms. The minimum atomic E-state index is -4.05. The molecule has 3 aromatic rings. The zero-order valence-corrected chi connectivity index (χ0v) is 23.4. The summed E-state index contributed by atoms with van der Waals surface area (Å²) < 4.78 is 31.6. The topological polar surface area (TPSA) is 44.8 Å². The van der Waals surface area contributed by atoms with Gasteiger partial charge in [-0.05, 0) is 69.3 Å². The molecule has 0 N–H and O–H groups in total. The average Bonchev–Trinajstić information content (AvgIpc) is 2.72. The van der Waals surface area contributed by atoms with Crippen molar-refractivity contribution in [3.63, 3.8) is 0 Å². The highest BCUT2D eigenvalue weighted by atomic mass is 31.2. The molecule has 0 heterocycles. The lowest BCUT2D eigenvalue weighted by Crippen LogP contribution is -2.12. The summed E-state index contributed by atoms with van der Waals surface area (Å²) in [6.07, 6.45) is 0. The summed E-state index contributed by atoms with van der Waals surface area (Å²) in [4.78, 5) is 0. The summed E-state index contributed by atoms with van der Waals surface area (Å²) in [5.41, 5.74) is 3.45. The lowest BCUT2D eigenvalue weighted by atomic mass is 9.87. The first-order valence-corrected chi connectivity index (χ1v) is 13.5. The van der Waals surface area contributed by atoms with Crippen LogP contribution in [0.5, 0.6) is 17.2 Å². The van der Waals surface area contributed by atoms with Crippen LogP contribution < -0.4 is 13.6 Å². The quantitative estimate of drug-likeness (QED) is 0.320. The first-order valence-electron chi connectivity index (χ1n) is 12.1. The van der Waals surface area contributed by atoms with Crippen molar-refractivity contribution < 1.29 is 18.1 Å². The second-order valence-corrected chi connectivity index (χ2v) is 13.5. The number of hydrogen-bond acceptors (Lipinski definition) is 4. The molecule has 0 fully saturated rings. The van der Waals surface area contributed by atoms with Crippen molar-refractivity contribution >= 4 is 7.82 Å². The second kappa shape index (κ2) is 9.74. The van der Waals surface area contributed by atoms with E-state index in [4.69, 9.17) is 13.6 Å². The molecule has 0 aliphatic heterocycles. The van der Waals surface area contributed by atoms with Crippen LogP contribution >= 0.6 is 7.82 Å². The molecule has 0 radical (unpaired) electrons. The molecule has 3 rings (SSSR count). The van der Waals surface area contributed by atoms with Crippen LogP contribution in [-0.2, 0) is 20.8 Å². The molecule has 0 unspecified atom stereocenters. The van der Waals surface area contributed by atoms with E-state index in [-0.39, 0.29) is 16.2 Å². The monoisotopic (exact) mass is 494 g/mol. The predicted octanol–water partition coefficient (Wildman–Crippen LogP) is 9.22. The molecule has 0 saturated carbocycles. The molecule has 4 nitrogen and oxygen atoms in total. The van der Waals surface area contributed by atoms with Gasteiger partial charge in [0, 0.05) is 0 Å². The lowest BCUT2D eigenvalue weighted by molar-refractivity contribution is 0.298. The van der Waals surface area contributed by atoms with E-state index < -0.39 is 7.82 Å². The Kier molecular flexibility index (Phi) is 7.48. The Balaban J connectivity index is 1.90. The number of benzene rings is 3. The smallest absolute Gasteiger partial charge is 0.386 e. The normalized spacial score (nSPS) is 12.8. The van der Waals surface area contributed by atoms with Crippen molar-refractivity contribution in [3.8, 4) is 17.2 Å². The van der Waals surface area contributed by atoms with Crippen molar-refractivity contribution in [1.29, 1.82) is 0 Å². The maximum absolute atomic E-state index is 13.9. The fourth-order valence-electron chi connectivity index (χ4n) is 3.49. The first-order chi connectivity index (χ1) is 16.1. The Hall–Kier alpha value is -2.71. The maximum Gasteiger partial charge on any atom is 0.647 e. The van der Waals surface area contributed by atoms with Crippen LogP contribution in [0.4, 0.5) is 0 Å². The van der Waals surface area contributed by atoms with Gasteiger partial charge in [-0.1, -0.05) is 98.7 Å². The SMILES string of the molecule is CC(C)(C)c1ccc(OP(=O)(Oc2ccc(C(C)(C)C)cc2)Oc2ccc(C(C)(C)C)cc2)cc1. The van der Waals surface area contributed by atoms with Crippen LogP contribution in [-0.4, -0.2) is 0 Å². The van der Waals surface area contributed by atoms with E-state index in [1.165, 1.54) is 0 Å². The van der Waals surface area contributed by atoms with E-state index in [1.54, 1.807) is 36.4 Å². The third-order valence-electron chi connectivity index (χ3n) is 5.81. The van der Waals surface area contributed by atoms with E-state index in [0.29, 0.717) is 17.2 Å². The average molecular weight is 495 g/mol. The van der Waals surface area contributed by atoms with Crippen molar-refractivity contribution in [2.45, 2.75) is 78.6 Å². The minimum absolute atomic E-state index is 0.00116. The van der Waals surface area contributed by atoms with Gasteiger partial charge in [0.15, 0.2) is 0 Å². The van der Waals surface area contributed by atoms with Crippen LogP contribution in [0.25, 0.3) is 0 Å². The Morgan fingerprint density at radius 2 is 0.629 bits per heavy atom. The molecule has 0 bridgehead atoms. The molecule has 0 aromatic heterocycles. The van der Waals surface area contributed by atoms with Crippen molar-refractivity contribution in [1.82, 2.24) is 0 Å². The number of phosphoric ester groups is 1. The molecule has 0 atom stereocenters. The van der Waals surface area contributed by atoms with E-state index >= 15 is 0 Å². The van der Waals surface area contributed by atoms with Crippen LogP contribution in [0.1, 0.15) is 79.0 Å². The summed E-state index contributed by atoms with van der Waals surface area (Å²) in [6, 6.07) is 22.6. The maximum atomic E-state index is 13.9. The summed E-state index contributed by atoms with van der Waals surface area (Å²) >= 11 is 0. The Bertz CT molecular complexity index is 1010. The van der Waals surface area contributed by atoms with Gasteiger partial charge < -0.3 is 13.6 Å². The van der Waals surface area contributed by atoms with E-state index in [2.05, 4.69) is 62.3 Å². The molecular formula is C30H39O4P. The molecule has 3 aromatic carbocycles. The molecule has 0 aliphatic carbocycles. The number of rotatable bonds is 6. The molecule has 0 amide bonds.